The summed E-state index contributed by atoms with van der Waals surface area (Å²) in [5.74, 6) is -1.24. The van der Waals surface area contributed by atoms with Crippen LogP contribution in [0.1, 0.15) is 19.8 Å². The summed E-state index contributed by atoms with van der Waals surface area (Å²) in [6.45, 7) is 1.88. The fourth-order valence-corrected chi connectivity index (χ4v) is 3.10. The monoisotopic (exact) mass is 252 g/mol. The fraction of sp³-hybridized carbons (Fsp3) is 0.875. The van der Waals surface area contributed by atoms with Gasteiger partial charge in [0, 0.05) is 19.5 Å². The van der Waals surface area contributed by atoms with Crippen LogP contribution in [-0.4, -0.2) is 54.1 Å². The molecule has 1 heterocycles. The molecule has 0 aliphatic carbocycles. The molecule has 0 bridgehead atoms. The third kappa shape index (κ3) is 2.91. The summed E-state index contributed by atoms with van der Waals surface area (Å²) in [6.07, 6.45) is -0.366. The minimum atomic E-state index is -3.81. The number of carbonyl (C=O) groups is 1. The Morgan fingerprint density at radius 1 is 1.56 bits per heavy atom. The van der Waals surface area contributed by atoms with E-state index >= 15 is 0 Å². The molecule has 0 saturated carbocycles. The second-order valence-electron chi connectivity index (χ2n) is 3.71. The summed E-state index contributed by atoms with van der Waals surface area (Å²) >= 11 is 0. The summed E-state index contributed by atoms with van der Waals surface area (Å²) in [7, 11) is -3.81. The Bertz CT molecular complexity index is 355. The minimum Gasteiger partial charge on any atom is -0.480 e. The highest BCUT2D eigenvalue weighted by atomic mass is 32.2. The molecule has 1 saturated heterocycles. The molecule has 8 heteroatoms. The van der Waals surface area contributed by atoms with Crippen LogP contribution in [0, 0.1) is 0 Å². The van der Waals surface area contributed by atoms with Gasteiger partial charge in [-0.2, -0.15) is 12.7 Å². The predicted octanol–water partition coefficient (Wildman–Crippen LogP) is -1.25. The average molecular weight is 252 g/mol. The Hall–Kier alpha value is -0.700. The largest absolute Gasteiger partial charge is 0.480 e. The van der Waals surface area contributed by atoms with E-state index in [9.17, 15) is 18.3 Å². The normalized spacial score (nSPS) is 27.1. The Morgan fingerprint density at radius 3 is 2.69 bits per heavy atom. The molecular weight excluding hydrogens is 236 g/mol. The van der Waals surface area contributed by atoms with E-state index in [1.54, 1.807) is 6.92 Å². The van der Waals surface area contributed by atoms with E-state index in [1.807, 2.05) is 0 Å². The van der Waals surface area contributed by atoms with Gasteiger partial charge in [-0.1, -0.05) is 6.92 Å². The van der Waals surface area contributed by atoms with Crippen LogP contribution in [0.4, 0.5) is 0 Å². The first-order chi connectivity index (χ1) is 7.38. The number of aliphatic carboxylic acids is 1. The van der Waals surface area contributed by atoms with Gasteiger partial charge in [-0.15, -0.1) is 0 Å². The lowest BCUT2D eigenvalue weighted by Gasteiger charge is -2.20. The first kappa shape index (κ1) is 13.4. The van der Waals surface area contributed by atoms with Gasteiger partial charge >= 0.3 is 5.97 Å². The lowest BCUT2D eigenvalue weighted by Crippen LogP contribution is -2.46. The Kier molecular flexibility index (Phi) is 4.25. The van der Waals surface area contributed by atoms with Gasteiger partial charge in [0.15, 0.2) is 0 Å². The zero-order valence-corrected chi connectivity index (χ0v) is 9.77. The van der Waals surface area contributed by atoms with Crippen molar-refractivity contribution in [3.05, 3.63) is 0 Å². The third-order valence-electron chi connectivity index (χ3n) is 2.36. The second-order valence-corrected chi connectivity index (χ2v) is 5.42. The van der Waals surface area contributed by atoms with Crippen molar-refractivity contribution in [1.82, 2.24) is 9.03 Å². The smallest absolute Gasteiger partial charge is 0.322 e. The van der Waals surface area contributed by atoms with Crippen molar-refractivity contribution in [3.8, 4) is 0 Å². The van der Waals surface area contributed by atoms with Crippen molar-refractivity contribution in [2.45, 2.75) is 31.9 Å². The molecule has 16 heavy (non-hydrogen) atoms. The minimum absolute atomic E-state index is 0.0671. The number of aliphatic hydroxyl groups excluding tert-OH is 1. The van der Waals surface area contributed by atoms with E-state index in [2.05, 4.69) is 4.72 Å². The molecule has 0 amide bonds. The summed E-state index contributed by atoms with van der Waals surface area (Å²) in [5, 5.41) is 18.2. The maximum atomic E-state index is 11.7. The zero-order valence-electron chi connectivity index (χ0n) is 8.96. The molecule has 94 valence electrons. The highest BCUT2D eigenvalue weighted by Crippen LogP contribution is 2.20. The van der Waals surface area contributed by atoms with E-state index in [-0.39, 0.29) is 19.5 Å². The standard InChI is InChI=1S/C8H16N2O5S/c1-2-3-9-16(14,15)10-5-6(11)4-7(10)8(12)13/h6-7,9,11H,2-5H2,1H3,(H,12,13)/t6?,7-/m0/s1. The predicted molar refractivity (Wildman–Crippen MR) is 56.0 cm³/mol. The van der Waals surface area contributed by atoms with E-state index in [0.29, 0.717) is 6.42 Å². The quantitative estimate of drug-likeness (QED) is 0.567. The van der Waals surface area contributed by atoms with Crippen molar-refractivity contribution >= 4 is 16.2 Å². The molecule has 1 aliphatic heterocycles. The summed E-state index contributed by atoms with van der Waals surface area (Å²) in [5.41, 5.74) is 0. The lowest BCUT2D eigenvalue weighted by molar-refractivity contribution is -0.140. The number of hydrogen-bond donors (Lipinski definition) is 3. The number of rotatable bonds is 5. The van der Waals surface area contributed by atoms with Crippen LogP contribution >= 0.6 is 0 Å². The van der Waals surface area contributed by atoms with Gasteiger partial charge in [0.2, 0.25) is 0 Å². The van der Waals surface area contributed by atoms with Gasteiger partial charge in [0.1, 0.15) is 6.04 Å². The molecule has 0 spiro atoms. The maximum Gasteiger partial charge on any atom is 0.322 e. The number of nitrogens with one attached hydrogen (secondary N) is 1. The number of hydrogen-bond acceptors (Lipinski definition) is 4. The maximum absolute atomic E-state index is 11.7. The highest BCUT2D eigenvalue weighted by Gasteiger charge is 2.42. The number of nitrogens with zero attached hydrogens (tertiary/aromatic N) is 1. The van der Waals surface area contributed by atoms with Crippen molar-refractivity contribution in [2.24, 2.45) is 0 Å². The van der Waals surface area contributed by atoms with Gasteiger partial charge in [-0.3, -0.25) is 4.79 Å². The van der Waals surface area contributed by atoms with E-state index < -0.39 is 28.3 Å². The first-order valence-electron chi connectivity index (χ1n) is 5.05. The number of carboxylic acid groups (broad SMARTS) is 1. The van der Waals surface area contributed by atoms with E-state index in [0.717, 1.165) is 4.31 Å². The van der Waals surface area contributed by atoms with Crippen LogP contribution in [0.15, 0.2) is 0 Å². The fourth-order valence-electron chi connectivity index (χ4n) is 1.59. The van der Waals surface area contributed by atoms with Crippen molar-refractivity contribution in [3.63, 3.8) is 0 Å². The van der Waals surface area contributed by atoms with Crippen LogP contribution in [0.25, 0.3) is 0 Å². The molecule has 0 aromatic carbocycles. The van der Waals surface area contributed by atoms with Gasteiger partial charge in [0.25, 0.3) is 10.2 Å². The van der Waals surface area contributed by atoms with Gasteiger partial charge in [0.05, 0.1) is 6.10 Å². The molecule has 0 aromatic heterocycles. The molecule has 1 aliphatic rings. The molecule has 0 aromatic rings. The molecule has 2 atom stereocenters. The Morgan fingerprint density at radius 2 is 2.19 bits per heavy atom. The van der Waals surface area contributed by atoms with Crippen LogP contribution in [-0.2, 0) is 15.0 Å². The highest BCUT2D eigenvalue weighted by molar-refractivity contribution is 7.87. The topological polar surface area (TPSA) is 107 Å². The molecule has 7 nitrogen and oxygen atoms in total. The van der Waals surface area contributed by atoms with Crippen molar-refractivity contribution in [1.29, 1.82) is 0 Å². The van der Waals surface area contributed by atoms with Gasteiger partial charge in [-0.05, 0) is 6.42 Å². The number of aliphatic hydroxyl groups is 1. The SMILES string of the molecule is CCCNS(=O)(=O)N1CC(O)C[C@H]1C(=O)O. The summed E-state index contributed by atoms with van der Waals surface area (Å²) < 4.78 is 26.5. The van der Waals surface area contributed by atoms with Crippen LogP contribution in [0.2, 0.25) is 0 Å². The molecule has 0 radical (unpaired) electrons. The molecular formula is C8H16N2O5S. The average Bonchev–Trinajstić information content (AvgIpc) is 2.58. The molecule has 1 fully saturated rings. The van der Waals surface area contributed by atoms with E-state index in [1.165, 1.54) is 0 Å². The number of β-amino-alcohol motifs (C(OH)–C–C–N with tert-alkyl or cyclic N) is 1. The van der Waals surface area contributed by atoms with Crippen LogP contribution in [0.5, 0.6) is 0 Å². The van der Waals surface area contributed by atoms with Crippen molar-refractivity contribution in [2.75, 3.05) is 13.1 Å². The van der Waals surface area contributed by atoms with Gasteiger partial charge in [-0.25, -0.2) is 4.72 Å². The van der Waals surface area contributed by atoms with E-state index in [4.69, 9.17) is 5.11 Å². The Labute approximate surface area is 94.2 Å². The van der Waals surface area contributed by atoms with Crippen molar-refractivity contribution < 1.29 is 23.4 Å². The number of carboxylic acids is 1. The third-order valence-corrected chi connectivity index (χ3v) is 3.95. The molecule has 1 rings (SSSR count). The molecule has 1 unspecified atom stereocenters. The summed E-state index contributed by atoms with van der Waals surface area (Å²) in [6, 6.07) is -1.18. The van der Waals surface area contributed by atoms with Crippen LogP contribution < -0.4 is 4.72 Å². The lowest BCUT2D eigenvalue weighted by atomic mass is 10.2. The summed E-state index contributed by atoms with van der Waals surface area (Å²) in [4.78, 5) is 10.8. The van der Waals surface area contributed by atoms with Gasteiger partial charge < -0.3 is 10.2 Å². The van der Waals surface area contributed by atoms with Crippen LogP contribution in [0.3, 0.4) is 0 Å². The first-order valence-corrected chi connectivity index (χ1v) is 6.49. The zero-order chi connectivity index (χ0) is 12.3. The Balaban J connectivity index is 2.81. The molecule has 3 N–H and O–H groups in total. The second kappa shape index (κ2) is 5.09.